The molecule has 0 unspecified atom stereocenters. The number of piperidine rings is 1. The number of likely N-dealkylation sites (tertiary alicyclic amines) is 1. The Morgan fingerprint density at radius 2 is 1.72 bits per heavy atom. The number of para-hydroxylation sites is 1. The van der Waals surface area contributed by atoms with Crippen molar-refractivity contribution < 1.29 is 27.6 Å². The summed E-state index contributed by atoms with van der Waals surface area (Å²) in [7, 11) is 0. The number of fused-ring (bicyclic) bond motifs is 4. The SMILES string of the molecule is O=C(C[C@@H]1Cc2cc(Cl)c3[nH]c(=O)[nH]c3c2CN(CC(F)(F)F)C1=O)N1CCC(N2CCc3ccccc3NC2=O)CC1. The third-order valence-electron chi connectivity index (χ3n) is 8.62. The minimum atomic E-state index is -4.66. The molecule has 0 saturated carbocycles. The first kappa shape index (κ1) is 29.1. The van der Waals surface area contributed by atoms with Gasteiger partial charge in [0.15, 0.2) is 0 Å². The predicted octanol–water partition coefficient (Wildman–Crippen LogP) is 4.04. The number of aromatic nitrogens is 2. The van der Waals surface area contributed by atoms with Crippen LogP contribution in [-0.4, -0.2) is 80.9 Å². The van der Waals surface area contributed by atoms with Gasteiger partial charge in [-0.2, -0.15) is 13.2 Å². The monoisotopic (exact) mass is 618 g/mol. The Bertz CT molecular complexity index is 1650. The average Bonchev–Trinajstić information content (AvgIpc) is 3.21. The second kappa shape index (κ2) is 11.3. The third-order valence-corrected chi connectivity index (χ3v) is 8.92. The number of nitrogens with one attached hydrogen (secondary N) is 3. The van der Waals surface area contributed by atoms with E-state index >= 15 is 0 Å². The molecular weight excluding hydrogens is 589 g/mol. The van der Waals surface area contributed by atoms with Gasteiger partial charge in [-0.15, -0.1) is 0 Å². The maximum atomic E-state index is 13.5. The smallest absolute Gasteiger partial charge is 0.343 e. The van der Waals surface area contributed by atoms with Crippen LogP contribution in [0, 0.1) is 5.92 Å². The van der Waals surface area contributed by atoms with E-state index in [0.29, 0.717) is 54.9 Å². The van der Waals surface area contributed by atoms with Crippen LogP contribution in [0.2, 0.25) is 5.02 Å². The van der Waals surface area contributed by atoms with Crippen molar-refractivity contribution in [3.63, 3.8) is 0 Å². The fourth-order valence-electron chi connectivity index (χ4n) is 6.52. The highest BCUT2D eigenvalue weighted by atomic mass is 35.5. The Balaban J connectivity index is 1.16. The molecule has 1 saturated heterocycles. The van der Waals surface area contributed by atoms with E-state index in [1.807, 2.05) is 24.3 Å². The van der Waals surface area contributed by atoms with Crippen LogP contribution in [-0.2, 0) is 29.0 Å². The molecule has 0 spiro atoms. The number of alkyl halides is 3. The number of H-pyrrole nitrogens is 2. The molecule has 3 aliphatic heterocycles. The van der Waals surface area contributed by atoms with E-state index < -0.39 is 30.2 Å². The molecule has 0 bridgehead atoms. The van der Waals surface area contributed by atoms with Crippen LogP contribution in [0.4, 0.5) is 23.7 Å². The zero-order valence-electron chi connectivity index (χ0n) is 23.1. The molecule has 6 rings (SSSR count). The van der Waals surface area contributed by atoms with Crippen LogP contribution in [0.3, 0.4) is 0 Å². The van der Waals surface area contributed by atoms with Gasteiger partial charge in [0.2, 0.25) is 11.8 Å². The van der Waals surface area contributed by atoms with Crippen molar-refractivity contribution in [3.8, 4) is 0 Å². The van der Waals surface area contributed by atoms with E-state index in [1.165, 1.54) is 0 Å². The molecular formula is C29H30ClF3N6O4. The number of carbonyl (C=O) groups is 3. The van der Waals surface area contributed by atoms with E-state index in [9.17, 15) is 32.3 Å². The van der Waals surface area contributed by atoms with Crippen LogP contribution < -0.4 is 11.0 Å². The molecule has 0 aliphatic carbocycles. The molecule has 1 aromatic heterocycles. The average molecular weight is 619 g/mol. The molecule has 3 aliphatic rings. The second-order valence-corrected chi connectivity index (χ2v) is 11.8. The van der Waals surface area contributed by atoms with E-state index in [2.05, 4.69) is 15.3 Å². The second-order valence-electron chi connectivity index (χ2n) is 11.4. The van der Waals surface area contributed by atoms with Crippen molar-refractivity contribution in [3.05, 3.63) is 62.5 Å². The molecule has 43 heavy (non-hydrogen) atoms. The summed E-state index contributed by atoms with van der Waals surface area (Å²) in [4.78, 5) is 61.0. The summed E-state index contributed by atoms with van der Waals surface area (Å²) in [5, 5.41) is 3.16. The van der Waals surface area contributed by atoms with Crippen molar-refractivity contribution in [2.45, 2.75) is 50.9 Å². The van der Waals surface area contributed by atoms with Crippen LogP contribution >= 0.6 is 11.6 Å². The van der Waals surface area contributed by atoms with Crippen LogP contribution in [0.1, 0.15) is 36.0 Å². The lowest BCUT2D eigenvalue weighted by Gasteiger charge is -2.38. The molecule has 1 atom stereocenters. The van der Waals surface area contributed by atoms with Crippen molar-refractivity contribution in [1.82, 2.24) is 24.7 Å². The molecule has 1 fully saturated rings. The quantitative estimate of drug-likeness (QED) is 0.409. The maximum Gasteiger partial charge on any atom is 0.406 e. The number of imidazole rings is 1. The van der Waals surface area contributed by atoms with E-state index in [4.69, 9.17) is 11.6 Å². The fraction of sp³-hybridized carbons (Fsp3) is 0.448. The van der Waals surface area contributed by atoms with Crippen molar-refractivity contribution in [2.75, 3.05) is 31.5 Å². The van der Waals surface area contributed by atoms with Gasteiger partial charge in [-0.25, -0.2) is 9.59 Å². The Hall–Kier alpha value is -4.00. The number of halogens is 4. The summed E-state index contributed by atoms with van der Waals surface area (Å²) in [6.45, 7) is -0.592. The van der Waals surface area contributed by atoms with Gasteiger partial charge in [0, 0.05) is 49.9 Å². The number of amides is 4. The number of urea groups is 1. The predicted molar refractivity (Wildman–Crippen MR) is 153 cm³/mol. The number of rotatable bonds is 4. The maximum absolute atomic E-state index is 13.5. The molecule has 4 amide bonds. The summed E-state index contributed by atoms with van der Waals surface area (Å²) in [5.74, 6) is -2.15. The van der Waals surface area contributed by atoms with Gasteiger partial charge in [0.1, 0.15) is 6.54 Å². The molecule has 228 valence electrons. The molecule has 3 aromatic rings. The van der Waals surface area contributed by atoms with Gasteiger partial charge in [-0.1, -0.05) is 29.8 Å². The van der Waals surface area contributed by atoms with Gasteiger partial charge in [0.05, 0.1) is 22.0 Å². The van der Waals surface area contributed by atoms with Crippen molar-refractivity contribution in [2.24, 2.45) is 5.92 Å². The Morgan fingerprint density at radius 1 is 1.00 bits per heavy atom. The first-order valence-corrected chi connectivity index (χ1v) is 14.6. The van der Waals surface area contributed by atoms with Crippen molar-refractivity contribution >= 4 is 46.2 Å². The number of hydrogen-bond acceptors (Lipinski definition) is 4. The number of anilines is 1. The summed E-state index contributed by atoms with van der Waals surface area (Å²) >= 11 is 6.36. The Morgan fingerprint density at radius 3 is 2.47 bits per heavy atom. The lowest BCUT2D eigenvalue weighted by Crippen LogP contribution is -2.50. The van der Waals surface area contributed by atoms with E-state index in [-0.39, 0.29) is 53.4 Å². The van der Waals surface area contributed by atoms with Gasteiger partial charge in [-0.3, -0.25) is 9.59 Å². The van der Waals surface area contributed by atoms with Gasteiger partial charge < -0.3 is 30.0 Å². The van der Waals surface area contributed by atoms with Crippen LogP contribution in [0.25, 0.3) is 11.0 Å². The molecule has 3 N–H and O–H groups in total. The molecule has 2 aromatic carbocycles. The number of nitrogens with zero attached hydrogens (tertiary/aromatic N) is 3. The number of carbonyl (C=O) groups excluding carboxylic acids is 3. The first-order chi connectivity index (χ1) is 20.5. The molecule has 14 heteroatoms. The third kappa shape index (κ3) is 5.95. The van der Waals surface area contributed by atoms with E-state index in [1.54, 1.807) is 15.9 Å². The normalized spacial score (nSPS) is 20.0. The molecule has 4 heterocycles. The summed E-state index contributed by atoms with van der Waals surface area (Å²) in [6.07, 6.45) is -3.12. The first-order valence-electron chi connectivity index (χ1n) is 14.2. The van der Waals surface area contributed by atoms with Crippen molar-refractivity contribution in [1.29, 1.82) is 0 Å². The van der Waals surface area contributed by atoms with Gasteiger partial charge in [-0.05, 0) is 48.9 Å². The summed E-state index contributed by atoms with van der Waals surface area (Å²) in [6, 6.07) is 8.95. The Kier molecular flexibility index (Phi) is 7.61. The highest BCUT2D eigenvalue weighted by molar-refractivity contribution is 6.35. The van der Waals surface area contributed by atoms with Gasteiger partial charge in [0.25, 0.3) is 0 Å². The zero-order chi connectivity index (χ0) is 30.5. The standard InChI is InChI=1S/C29H30ClF3N6O4/c30-21-12-17-11-18(26(41)38(15-29(31,32)33)14-20(17)24-25(21)36-27(42)35-24)13-23(40)37-8-6-19(7-9-37)39-10-5-16-3-1-2-4-22(16)34-28(39)43/h1-4,12,18-19H,5-11,13-15H2,(H,34,43)(H2,35,36,42)/t18-/m0/s1. The lowest BCUT2D eigenvalue weighted by atomic mass is 9.92. The van der Waals surface area contributed by atoms with Crippen LogP contribution in [0.5, 0.6) is 0 Å². The zero-order valence-corrected chi connectivity index (χ0v) is 23.9. The topological polar surface area (TPSA) is 122 Å². The number of benzene rings is 2. The molecule has 0 radical (unpaired) electrons. The summed E-state index contributed by atoms with van der Waals surface area (Å²) < 4.78 is 40.6. The van der Waals surface area contributed by atoms with Crippen LogP contribution in [0.15, 0.2) is 35.1 Å². The van der Waals surface area contributed by atoms with Gasteiger partial charge >= 0.3 is 17.9 Å². The highest BCUT2D eigenvalue weighted by Crippen LogP contribution is 2.34. The fourth-order valence-corrected chi connectivity index (χ4v) is 6.79. The minimum absolute atomic E-state index is 0.00209. The number of hydrogen-bond donors (Lipinski definition) is 3. The Labute approximate surface area is 249 Å². The largest absolute Gasteiger partial charge is 0.406 e. The number of aromatic amines is 2. The van der Waals surface area contributed by atoms with E-state index in [0.717, 1.165) is 11.3 Å². The highest BCUT2D eigenvalue weighted by Gasteiger charge is 2.40. The molecule has 10 nitrogen and oxygen atoms in total. The minimum Gasteiger partial charge on any atom is -0.343 e. The lowest BCUT2D eigenvalue weighted by molar-refractivity contribution is -0.165. The summed E-state index contributed by atoms with van der Waals surface area (Å²) in [5.41, 5.74) is 2.66.